The fourth-order valence-electron chi connectivity index (χ4n) is 3.15. The minimum atomic E-state index is -0.926. The zero-order valence-electron chi connectivity index (χ0n) is 11.1. The Morgan fingerprint density at radius 2 is 2.42 bits per heavy atom. The molecule has 0 radical (unpaired) electrons. The number of thiazole rings is 1. The van der Waals surface area contributed by atoms with Gasteiger partial charge < -0.3 is 5.11 Å². The van der Waals surface area contributed by atoms with Crippen LogP contribution >= 0.6 is 11.3 Å². The molecular weight excluding hydrogens is 262 g/mol. The predicted molar refractivity (Wildman–Crippen MR) is 73.5 cm³/mol. The van der Waals surface area contributed by atoms with E-state index in [2.05, 4.69) is 21.7 Å². The van der Waals surface area contributed by atoms with Crippen molar-refractivity contribution in [2.45, 2.75) is 38.4 Å². The van der Waals surface area contributed by atoms with Gasteiger partial charge in [0.2, 0.25) is 5.01 Å². The van der Waals surface area contributed by atoms with Gasteiger partial charge in [-0.1, -0.05) is 0 Å². The minimum Gasteiger partial charge on any atom is -0.476 e. The van der Waals surface area contributed by atoms with Crippen LogP contribution in [0, 0.1) is 0 Å². The van der Waals surface area contributed by atoms with Crippen molar-refractivity contribution in [3.05, 3.63) is 16.1 Å². The van der Waals surface area contributed by atoms with Crippen LogP contribution in [-0.4, -0.2) is 57.6 Å². The fraction of sp³-hybridized carbons (Fsp3) is 0.692. The van der Waals surface area contributed by atoms with Crippen molar-refractivity contribution in [2.24, 2.45) is 0 Å². The van der Waals surface area contributed by atoms with Crippen LogP contribution in [0.15, 0.2) is 5.38 Å². The molecule has 3 rings (SSSR count). The molecule has 2 saturated heterocycles. The lowest BCUT2D eigenvalue weighted by atomic mass is 10.1. The summed E-state index contributed by atoms with van der Waals surface area (Å²) in [7, 11) is 0. The molecule has 1 aromatic rings. The maximum atomic E-state index is 10.8. The smallest absolute Gasteiger partial charge is 0.365 e. The number of hydrogen-bond acceptors (Lipinski definition) is 5. The van der Waals surface area contributed by atoms with Crippen molar-refractivity contribution >= 4 is 17.3 Å². The lowest BCUT2D eigenvalue weighted by Crippen LogP contribution is -2.54. The molecule has 2 fully saturated rings. The Balaban J connectivity index is 1.66. The number of aromatic nitrogens is 1. The summed E-state index contributed by atoms with van der Waals surface area (Å²) in [6, 6.07) is 1.21. The second-order valence-corrected chi connectivity index (χ2v) is 6.38. The van der Waals surface area contributed by atoms with Crippen molar-refractivity contribution in [3.63, 3.8) is 0 Å². The molecule has 2 atom stereocenters. The highest BCUT2D eigenvalue weighted by atomic mass is 32.1. The van der Waals surface area contributed by atoms with Gasteiger partial charge in [0.05, 0.1) is 5.69 Å². The van der Waals surface area contributed by atoms with Crippen LogP contribution < -0.4 is 0 Å². The Morgan fingerprint density at radius 3 is 3.16 bits per heavy atom. The average Bonchev–Trinajstić information content (AvgIpc) is 2.98. The van der Waals surface area contributed by atoms with E-state index in [1.54, 1.807) is 0 Å². The van der Waals surface area contributed by atoms with E-state index in [4.69, 9.17) is 5.11 Å². The number of aromatic carboxylic acids is 1. The maximum Gasteiger partial charge on any atom is 0.365 e. The standard InChI is InChI=1S/C13H19N3O2S/c1-9-5-15-4-2-3-11(15)7-16(9)6-10-8-19-12(14-10)13(17)18/h8-9,11H,2-7H2,1H3,(H,17,18). The summed E-state index contributed by atoms with van der Waals surface area (Å²) in [5, 5.41) is 11.0. The van der Waals surface area contributed by atoms with Crippen molar-refractivity contribution < 1.29 is 9.90 Å². The number of hydrogen-bond donors (Lipinski definition) is 1. The van der Waals surface area contributed by atoms with Crippen LogP contribution in [0.3, 0.4) is 0 Å². The van der Waals surface area contributed by atoms with Gasteiger partial charge in [0, 0.05) is 37.1 Å². The van der Waals surface area contributed by atoms with Crippen LogP contribution in [0.25, 0.3) is 0 Å². The first-order chi connectivity index (χ1) is 9.13. The van der Waals surface area contributed by atoms with Crippen molar-refractivity contribution in [3.8, 4) is 0 Å². The lowest BCUT2D eigenvalue weighted by Gasteiger charge is -2.42. The van der Waals surface area contributed by atoms with E-state index in [1.165, 1.54) is 30.7 Å². The summed E-state index contributed by atoms with van der Waals surface area (Å²) in [5.74, 6) is -0.926. The second-order valence-electron chi connectivity index (χ2n) is 5.52. The van der Waals surface area contributed by atoms with E-state index in [0.29, 0.717) is 12.1 Å². The molecule has 0 bridgehead atoms. The molecular formula is C13H19N3O2S. The molecule has 0 saturated carbocycles. The summed E-state index contributed by atoms with van der Waals surface area (Å²) in [5.41, 5.74) is 0.890. The molecule has 0 aliphatic carbocycles. The van der Waals surface area contributed by atoms with Gasteiger partial charge in [-0.2, -0.15) is 0 Å². The van der Waals surface area contributed by atoms with Gasteiger partial charge in [-0.15, -0.1) is 11.3 Å². The van der Waals surface area contributed by atoms with E-state index in [-0.39, 0.29) is 5.01 Å². The van der Waals surface area contributed by atoms with E-state index in [0.717, 1.165) is 25.3 Å². The van der Waals surface area contributed by atoms with Gasteiger partial charge in [0.15, 0.2) is 0 Å². The molecule has 104 valence electrons. The Morgan fingerprint density at radius 1 is 1.58 bits per heavy atom. The minimum absolute atomic E-state index is 0.196. The summed E-state index contributed by atoms with van der Waals surface area (Å²) in [6.07, 6.45) is 2.60. The van der Waals surface area contributed by atoms with E-state index >= 15 is 0 Å². The number of fused-ring (bicyclic) bond motifs is 1. The van der Waals surface area contributed by atoms with Gasteiger partial charge in [-0.3, -0.25) is 9.80 Å². The molecule has 19 heavy (non-hydrogen) atoms. The third kappa shape index (κ3) is 2.66. The van der Waals surface area contributed by atoms with Gasteiger partial charge in [0.25, 0.3) is 0 Å². The Bertz CT molecular complexity index is 476. The molecule has 0 spiro atoms. The number of rotatable bonds is 3. The van der Waals surface area contributed by atoms with Crippen LogP contribution in [-0.2, 0) is 6.54 Å². The zero-order chi connectivity index (χ0) is 13.4. The van der Waals surface area contributed by atoms with Crippen molar-refractivity contribution in [1.82, 2.24) is 14.8 Å². The van der Waals surface area contributed by atoms with Crippen LogP contribution in [0.2, 0.25) is 0 Å². The highest BCUT2D eigenvalue weighted by Gasteiger charge is 2.34. The van der Waals surface area contributed by atoms with E-state index < -0.39 is 5.97 Å². The predicted octanol–water partition coefficient (Wildman–Crippen LogP) is 1.51. The third-order valence-corrected chi connectivity index (χ3v) is 5.05. The number of carboxylic acid groups (broad SMARTS) is 1. The van der Waals surface area contributed by atoms with Crippen molar-refractivity contribution in [2.75, 3.05) is 19.6 Å². The number of carboxylic acids is 1. The lowest BCUT2D eigenvalue weighted by molar-refractivity contribution is 0.0531. The fourth-order valence-corrected chi connectivity index (χ4v) is 3.80. The molecule has 0 amide bonds. The topological polar surface area (TPSA) is 56.7 Å². The van der Waals surface area contributed by atoms with Gasteiger partial charge in [-0.25, -0.2) is 9.78 Å². The van der Waals surface area contributed by atoms with Crippen molar-refractivity contribution in [1.29, 1.82) is 0 Å². The number of piperazine rings is 1. The summed E-state index contributed by atoms with van der Waals surface area (Å²) in [6.45, 7) is 6.47. The highest BCUT2D eigenvalue weighted by Crippen LogP contribution is 2.25. The zero-order valence-corrected chi connectivity index (χ0v) is 11.9. The maximum absolute atomic E-state index is 10.8. The quantitative estimate of drug-likeness (QED) is 0.910. The molecule has 5 nitrogen and oxygen atoms in total. The molecule has 1 N–H and O–H groups in total. The monoisotopic (exact) mass is 281 g/mol. The van der Waals surface area contributed by atoms with Crippen LogP contribution in [0.4, 0.5) is 0 Å². The Labute approximate surface area is 116 Å². The molecule has 1 aromatic heterocycles. The molecule has 6 heteroatoms. The van der Waals surface area contributed by atoms with E-state index in [1.807, 2.05) is 5.38 Å². The highest BCUT2D eigenvalue weighted by molar-refractivity contribution is 7.11. The first-order valence-electron chi connectivity index (χ1n) is 6.79. The number of carbonyl (C=O) groups is 1. The first kappa shape index (κ1) is 13.0. The van der Waals surface area contributed by atoms with E-state index in [9.17, 15) is 4.79 Å². The van der Waals surface area contributed by atoms with Crippen LogP contribution in [0.5, 0.6) is 0 Å². The van der Waals surface area contributed by atoms with Gasteiger partial charge in [-0.05, 0) is 26.3 Å². The average molecular weight is 281 g/mol. The molecule has 3 heterocycles. The third-order valence-electron chi connectivity index (χ3n) is 4.17. The molecule has 2 aliphatic heterocycles. The first-order valence-corrected chi connectivity index (χ1v) is 7.67. The van der Waals surface area contributed by atoms with Gasteiger partial charge >= 0.3 is 5.97 Å². The number of nitrogens with zero attached hydrogens (tertiary/aromatic N) is 3. The largest absolute Gasteiger partial charge is 0.476 e. The SMILES string of the molecule is CC1CN2CCCC2CN1Cc1csc(C(=O)O)n1. The Hall–Kier alpha value is -0.980. The Kier molecular flexibility index (Phi) is 3.56. The molecule has 0 aromatic carbocycles. The summed E-state index contributed by atoms with van der Waals surface area (Å²) < 4.78 is 0. The second kappa shape index (κ2) is 5.19. The van der Waals surface area contributed by atoms with Crippen LogP contribution in [0.1, 0.15) is 35.3 Å². The normalized spacial score (nSPS) is 28.5. The van der Waals surface area contributed by atoms with Gasteiger partial charge in [0.1, 0.15) is 0 Å². The molecule has 2 aliphatic rings. The molecule has 2 unspecified atom stereocenters. The summed E-state index contributed by atoms with van der Waals surface area (Å²) in [4.78, 5) is 20.1. The summed E-state index contributed by atoms with van der Waals surface area (Å²) >= 11 is 1.22.